The Labute approximate surface area is 91.1 Å². The minimum absolute atomic E-state index is 0.176. The van der Waals surface area contributed by atoms with Crippen LogP contribution >= 0.6 is 11.6 Å². The molecule has 0 radical (unpaired) electrons. The summed E-state index contributed by atoms with van der Waals surface area (Å²) >= 11 is 5.57. The molecular formula is C10H10ClFO3. The van der Waals surface area contributed by atoms with Crippen LogP contribution in [0.1, 0.15) is 24.2 Å². The van der Waals surface area contributed by atoms with Crippen LogP contribution in [0.4, 0.5) is 4.39 Å². The van der Waals surface area contributed by atoms with Gasteiger partial charge in [0.05, 0.1) is 5.02 Å². The lowest BCUT2D eigenvalue weighted by atomic mass is 10.0. The van der Waals surface area contributed by atoms with E-state index in [1.165, 1.54) is 12.1 Å². The van der Waals surface area contributed by atoms with E-state index in [1.807, 2.05) is 6.92 Å². The first-order valence-corrected chi connectivity index (χ1v) is 4.73. The molecule has 0 heterocycles. The fourth-order valence-electron chi connectivity index (χ4n) is 1.20. The van der Waals surface area contributed by atoms with Crippen LogP contribution in [0.2, 0.25) is 5.02 Å². The van der Waals surface area contributed by atoms with Gasteiger partial charge in [-0.1, -0.05) is 18.5 Å². The number of benzene rings is 1. The molecule has 1 aromatic rings. The Hall–Kier alpha value is -1.13. The zero-order valence-corrected chi connectivity index (χ0v) is 8.75. The van der Waals surface area contributed by atoms with E-state index in [4.69, 9.17) is 16.7 Å². The quantitative estimate of drug-likeness (QED) is 0.840. The Morgan fingerprint density at radius 3 is 2.67 bits per heavy atom. The normalized spacial score (nSPS) is 12.5. The molecule has 0 saturated carbocycles. The smallest absolute Gasteiger partial charge is 0.337 e. The van der Waals surface area contributed by atoms with Gasteiger partial charge in [0.25, 0.3) is 0 Å². The number of carbonyl (C=O) groups is 1. The van der Waals surface area contributed by atoms with Crippen molar-refractivity contribution >= 4 is 17.6 Å². The van der Waals surface area contributed by atoms with E-state index in [9.17, 15) is 14.3 Å². The molecule has 1 rings (SSSR count). The van der Waals surface area contributed by atoms with Crippen LogP contribution in [0.25, 0.3) is 0 Å². The predicted octanol–water partition coefficient (Wildman–Crippen LogP) is 2.16. The lowest BCUT2D eigenvalue weighted by molar-refractivity contribution is -0.147. The molecule has 2 N–H and O–H groups in total. The fourth-order valence-corrected chi connectivity index (χ4v) is 1.45. The van der Waals surface area contributed by atoms with E-state index in [0.717, 1.165) is 0 Å². The third-order valence-corrected chi connectivity index (χ3v) is 2.33. The first kappa shape index (κ1) is 11.9. The van der Waals surface area contributed by atoms with Gasteiger partial charge in [0.15, 0.2) is 6.10 Å². The number of carboxylic acid groups (broad SMARTS) is 1. The molecule has 0 spiro atoms. The van der Waals surface area contributed by atoms with Crippen molar-refractivity contribution in [2.24, 2.45) is 0 Å². The Balaban J connectivity index is 3.27. The number of rotatable bonds is 3. The highest BCUT2D eigenvalue weighted by molar-refractivity contribution is 6.30. The second kappa shape index (κ2) is 4.59. The van der Waals surface area contributed by atoms with Crippen LogP contribution in [-0.2, 0) is 11.2 Å². The number of aliphatic hydroxyl groups excluding tert-OH is 1. The van der Waals surface area contributed by atoms with Crippen LogP contribution < -0.4 is 0 Å². The number of hydrogen-bond acceptors (Lipinski definition) is 2. The van der Waals surface area contributed by atoms with Gasteiger partial charge in [-0.15, -0.1) is 0 Å². The SMILES string of the molecule is CCc1cc(Cl)c(F)c(C(O)C(=O)O)c1. The molecule has 3 nitrogen and oxygen atoms in total. The maximum Gasteiger partial charge on any atom is 0.337 e. The summed E-state index contributed by atoms with van der Waals surface area (Å²) in [5.74, 6) is -2.39. The Kier molecular flexibility index (Phi) is 3.66. The van der Waals surface area contributed by atoms with Crippen LogP contribution in [0, 0.1) is 5.82 Å². The molecule has 0 bridgehead atoms. The summed E-state index contributed by atoms with van der Waals surface area (Å²) in [6.07, 6.45) is -1.30. The molecule has 0 aliphatic carbocycles. The molecule has 0 aromatic heterocycles. The average Bonchev–Trinajstić information content (AvgIpc) is 2.20. The minimum Gasteiger partial charge on any atom is -0.479 e. The van der Waals surface area contributed by atoms with Gasteiger partial charge in [0.2, 0.25) is 0 Å². The van der Waals surface area contributed by atoms with Crippen molar-refractivity contribution < 1.29 is 19.4 Å². The lowest BCUT2D eigenvalue weighted by Gasteiger charge is -2.10. The summed E-state index contributed by atoms with van der Waals surface area (Å²) in [5, 5.41) is 17.6. The molecule has 82 valence electrons. The molecule has 0 saturated heterocycles. The highest BCUT2D eigenvalue weighted by Crippen LogP contribution is 2.26. The lowest BCUT2D eigenvalue weighted by Crippen LogP contribution is -2.13. The van der Waals surface area contributed by atoms with Crippen molar-refractivity contribution in [1.82, 2.24) is 0 Å². The second-order valence-electron chi connectivity index (χ2n) is 3.08. The molecule has 0 aliphatic rings. The molecule has 0 aliphatic heterocycles. The third kappa shape index (κ3) is 2.46. The zero-order chi connectivity index (χ0) is 11.6. The van der Waals surface area contributed by atoms with Gasteiger partial charge >= 0.3 is 5.97 Å². The van der Waals surface area contributed by atoms with Crippen molar-refractivity contribution in [2.75, 3.05) is 0 Å². The van der Waals surface area contributed by atoms with Crippen LogP contribution in [-0.4, -0.2) is 16.2 Å². The number of aryl methyl sites for hydroxylation is 1. The number of carboxylic acids is 1. The molecule has 0 amide bonds. The zero-order valence-electron chi connectivity index (χ0n) is 8.00. The van der Waals surface area contributed by atoms with Crippen molar-refractivity contribution in [3.8, 4) is 0 Å². The molecule has 1 atom stereocenters. The van der Waals surface area contributed by atoms with E-state index in [0.29, 0.717) is 12.0 Å². The van der Waals surface area contributed by atoms with Crippen molar-refractivity contribution in [3.05, 3.63) is 34.1 Å². The van der Waals surface area contributed by atoms with Crippen LogP contribution in [0.3, 0.4) is 0 Å². The van der Waals surface area contributed by atoms with Gasteiger partial charge in [-0.05, 0) is 24.1 Å². The number of halogens is 2. The third-order valence-electron chi connectivity index (χ3n) is 2.05. The van der Waals surface area contributed by atoms with Gasteiger partial charge < -0.3 is 10.2 Å². The Bertz CT molecular complexity index is 392. The van der Waals surface area contributed by atoms with Crippen molar-refractivity contribution in [3.63, 3.8) is 0 Å². The standard InChI is InChI=1S/C10H10ClFO3/c1-2-5-3-6(9(13)10(14)15)8(12)7(11)4-5/h3-4,9,13H,2H2,1H3,(H,14,15). The molecule has 5 heteroatoms. The average molecular weight is 233 g/mol. The van der Waals surface area contributed by atoms with Crippen molar-refractivity contribution in [2.45, 2.75) is 19.4 Å². The molecule has 1 aromatic carbocycles. The van der Waals surface area contributed by atoms with E-state index in [2.05, 4.69) is 0 Å². The van der Waals surface area contributed by atoms with Gasteiger partial charge in [0, 0.05) is 5.56 Å². The van der Waals surface area contributed by atoms with E-state index < -0.39 is 17.9 Å². The fraction of sp³-hybridized carbons (Fsp3) is 0.300. The number of aliphatic hydroxyl groups is 1. The maximum atomic E-state index is 13.4. The predicted molar refractivity (Wildman–Crippen MR) is 53.4 cm³/mol. The minimum atomic E-state index is -1.88. The maximum absolute atomic E-state index is 13.4. The van der Waals surface area contributed by atoms with Gasteiger partial charge in [-0.2, -0.15) is 0 Å². The van der Waals surface area contributed by atoms with Gasteiger partial charge in [-0.25, -0.2) is 9.18 Å². The molecule has 15 heavy (non-hydrogen) atoms. The summed E-state index contributed by atoms with van der Waals surface area (Å²) in [4.78, 5) is 10.5. The van der Waals surface area contributed by atoms with Crippen molar-refractivity contribution in [1.29, 1.82) is 0 Å². The first-order chi connectivity index (χ1) is 6.97. The molecular weight excluding hydrogens is 223 g/mol. The van der Waals surface area contributed by atoms with E-state index in [1.54, 1.807) is 0 Å². The van der Waals surface area contributed by atoms with Crippen LogP contribution in [0.15, 0.2) is 12.1 Å². The molecule has 1 unspecified atom stereocenters. The first-order valence-electron chi connectivity index (χ1n) is 4.36. The Morgan fingerprint density at radius 1 is 1.60 bits per heavy atom. The topological polar surface area (TPSA) is 57.5 Å². The summed E-state index contributed by atoms with van der Waals surface area (Å²) in [5.41, 5.74) is 0.378. The number of hydrogen-bond donors (Lipinski definition) is 2. The van der Waals surface area contributed by atoms with E-state index in [-0.39, 0.29) is 10.6 Å². The second-order valence-corrected chi connectivity index (χ2v) is 3.48. The summed E-state index contributed by atoms with van der Waals surface area (Å²) < 4.78 is 13.4. The van der Waals surface area contributed by atoms with Gasteiger partial charge in [-0.3, -0.25) is 0 Å². The summed E-state index contributed by atoms with van der Waals surface area (Å²) in [6, 6.07) is 2.72. The molecule has 0 fully saturated rings. The largest absolute Gasteiger partial charge is 0.479 e. The number of aliphatic carboxylic acids is 1. The highest BCUT2D eigenvalue weighted by atomic mass is 35.5. The Morgan fingerprint density at radius 2 is 2.20 bits per heavy atom. The summed E-state index contributed by atoms with van der Waals surface area (Å²) in [7, 11) is 0. The summed E-state index contributed by atoms with van der Waals surface area (Å²) in [6.45, 7) is 1.82. The monoisotopic (exact) mass is 232 g/mol. The van der Waals surface area contributed by atoms with E-state index >= 15 is 0 Å². The van der Waals surface area contributed by atoms with Gasteiger partial charge in [0.1, 0.15) is 5.82 Å². The highest BCUT2D eigenvalue weighted by Gasteiger charge is 2.22. The van der Waals surface area contributed by atoms with Crippen LogP contribution in [0.5, 0.6) is 0 Å².